The van der Waals surface area contributed by atoms with Crippen LogP contribution >= 0.6 is 0 Å². The van der Waals surface area contributed by atoms with Crippen LogP contribution in [0.2, 0.25) is 0 Å². The van der Waals surface area contributed by atoms with Gasteiger partial charge in [-0.3, -0.25) is 4.79 Å². The molecule has 2 saturated heterocycles. The lowest BCUT2D eigenvalue weighted by atomic mass is 9.77. The van der Waals surface area contributed by atoms with Crippen LogP contribution in [0.1, 0.15) is 48.0 Å². The van der Waals surface area contributed by atoms with E-state index in [2.05, 4.69) is 0 Å². The third-order valence-electron chi connectivity index (χ3n) is 4.07. The van der Waals surface area contributed by atoms with E-state index in [1.165, 1.54) is 0 Å². The molecule has 2 aliphatic rings. The highest BCUT2D eigenvalue weighted by Crippen LogP contribution is 2.41. The number of ether oxygens (including phenoxy) is 1. The van der Waals surface area contributed by atoms with Crippen molar-refractivity contribution < 1.29 is 14.3 Å². The SMILES string of the molecule is CC(C)(C)OC(=O)N1CCC2(C1)CN(C(=O)C(C)(C)C)C2. The van der Waals surface area contributed by atoms with E-state index in [1.54, 1.807) is 4.90 Å². The van der Waals surface area contributed by atoms with Crippen LogP contribution in [0.25, 0.3) is 0 Å². The normalized spacial score (nSPS) is 21.4. The van der Waals surface area contributed by atoms with Gasteiger partial charge in [-0.05, 0) is 27.2 Å². The lowest BCUT2D eigenvalue weighted by Gasteiger charge is -2.49. The number of amides is 2. The Labute approximate surface area is 127 Å². The van der Waals surface area contributed by atoms with Crippen LogP contribution in [0.15, 0.2) is 0 Å². The standard InChI is InChI=1S/C16H28N2O3/c1-14(2,3)12(19)18-10-16(11-18)7-8-17(9-16)13(20)21-15(4,5)6/h7-11H2,1-6H3. The highest BCUT2D eigenvalue weighted by molar-refractivity contribution is 5.82. The van der Waals surface area contributed by atoms with Crippen LogP contribution in [0, 0.1) is 10.8 Å². The molecule has 0 aromatic carbocycles. The fourth-order valence-corrected chi connectivity index (χ4v) is 3.06. The van der Waals surface area contributed by atoms with Gasteiger partial charge < -0.3 is 14.5 Å². The first-order valence-electron chi connectivity index (χ1n) is 7.69. The molecule has 2 fully saturated rings. The van der Waals surface area contributed by atoms with E-state index in [1.807, 2.05) is 46.4 Å². The van der Waals surface area contributed by atoms with E-state index < -0.39 is 5.60 Å². The molecule has 0 aromatic rings. The Kier molecular flexibility index (Phi) is 3.75. The summed E-state index contributed by atoms with van der Waals surface area (Å²) in [7, 11) is 0. The van der Waals surface area contributed by atoms with Crippen molar-refractivity contribution in [3.63, 3.8) is 0 Å². The Morgan fingerprint density at radius 3 is 1.95 bits per heavy atom. The summed E-state index contributed by atoms with van der Waals surface area (Å²) in [6, 6.07) is 0. The van der Waals surface area contributed by atoms with Gasteiger partial charge in [0.1, 0.15) is 5.60 Å². The molecule has 21 heavy (non-hydrogen) atoms. The van der Waals surface area contributed by atoms with Gasteiger partial charge in [-0.25, -0.2) is 4.79 Å². The van der Waals surface area contributed by atoms with Gasteiger partial charge in [0.25, 0.3) is 0 Å². The monoisotopic (exact) mass is 296 g/mol. The summed E-state index contributed by atoms with van der Waals surface area (Å²) in [6.07, 6.45) is 0.722. The largest absolute Gasteiger partial charge is 0.444 e. The summed E-state index contributed by atoms with van der Waals surface area (Å²) in [5.41, 5.74) is -0.691. The van der Waals surface area contributed by atoms with Gasteiger partial charge in [0, 0.05) is 37.0 Å². The van der Waals surface area contributed by atoms with Crippen molar-refractivity contribution in [2.24, 2.45) is 10.8 Å². The number of carbonyl (C=O) groups excluding carboxylic acids is 2. The predicted molar refractivity (Wildman–Crippen MR) is 80.9 cm³/mol. The van der Waals surface area contributed by atoms with Crippen molar-refractivity contribution in [1.82, 2.24) is 9.80 Å². The summed E-state index contributed by atoms with van der Waals surface area (Å²) in [6.45, 7) is 14.4. The van der Waals surface area contributed by atoms with E-state index in [-0.39, 0.29) is 22.8 Å². The molecule has 2 heterocycles. The molecule has 0 aliphatic carbocycles. The maximum absolute atomic E-state index is 12.2. The lowest BCUT2D eigenvalue weighted by molar-refractivity contribution is -0.151. The van der Waals surface area contributed by atoms with Crippen molar-refractivity contribution >= 4 is 12.0 Å². The second-order valence-electron chi connectivity index (χ2n) is 8.56. The first-order valence-corrected chi connectivity index (χ1v) is 7.69. The molecule has 1 spiro atoms. The molecule has 0 aromatic heterocycles. The average Bonchev–Trinajstić information content (AvgIpc) is 2.67. The fourth-order valence-electron chi connectivity index (χ4n) is 3.06. The van der Waals surface area contributed by atoms with Crippen LogP contribution in [0.4, 0.5) is 4.79 Å². The molecule has 0 unspecified atom stereocenters. The minimum Gasteiger partial charge on any atom is -0.444 e. The summed E-state index contributed by atoms with van der Waals surface area (Å²) in [5, 5.41) is 0. The van der Waals surface area contributed by atoms with Gasteiger partial charge in [-0.15, -0.1) is 0 Å². The number of rotatable bonds is 0. The third kappa shape index (κ3) is 3.50. The number of likely N-dealkylation sites (tertiary alicyclic amines) is 2. The molecule has 2 aliphatic heterocycles. The van der Waals surface area contributed by atoms with Gasteiger partial charge in [0.2, 0.25) is 5.91 Å². The van der Waals surface area contributed by atoms with Gasteiger partial charge in [0.15, 0.2) is 0 Å². The Morgan fingerprint density at radius 1 is 0.952 bits per heavy atom. The molecule has 120 valence electrons. The topological polar surface area (TPSA) is 49.9 Å². The fraction of sp³-hybridized carbons (Fsp3) is 0.875. The predicted octanol–water partition coefficient (Wildman–Crippen LogP) is 2.50. The van der Waals surface area contributed by atoms with Crippen molar-refractivity contribution in [3.05, 3.63) is 0 Å². The van der Waals surface area contributed by atoms with Crippen LogP contribution in [-0.4, -0.2) is 53.6 Å². The molecule has 0 atom stereocenters. The molecule has 0 N–H and O–H groups in total. The zero-order valence-corrected chi connectivity index (χ0v) is 14.2. The number of hydrogen-bond acceptors (Lipinski definition) is 3. The Morgan fingerprint density at radius 2 is 1.48 bits per heavy atom. The maximum Gasteiger partial charge on any atom is 0.410 e. The molecule has 0 saturated carbocycles. The van der Waals surface area contributed by atoms with Crippen LogP contribution in [0.3, 0.4) is 0 Å². The molecular formula is C16H28N2O3. The molecule has 2 rings (SSSR count). The molecule has 2 amide bonds. The van der Waals surface area contributed by atoms with Gasteiger partial charge in [-0.1, -0.05) is 20.8 Å². The minimum absolute atomic E-state index is 0.0951. The average molecular weight is 296 g/mol. The maximum atomic E-state index is 12.2. The van der Waals surface area contributed by atoms with Crippen molar-refractivity contribution in [3.8, 4) is 0 Å². The van der Waals surface area contributed by atoms with Crippen LogP contribution in [0.5, 0.6) is 0 Å². The Hall–Kier alpha value is -1.26. The zero-order valence-electron chi connectivity index (χ0n) is 14.2. The Bertz CT molecular complexity index is 439. The number of carbonyl (C=O) groups is 2. The smallest absolute Gasteiger partial charge is 0.410 e. The van der Waals surface area contributed by atoms with Crippen molar-refractivity contribution in [2.75, 3.05) is 26.2 Å². The van der Waals surface area contributed by atoms with Crippen LogP contribution < -0.4 is 0 Å². The van der Waals surface area contributed by atoms with E-state index in [4.69, 9.17) is 4.74 Å². The third-order valence-corrected chi connectivity index (χ3v) is 4.07. The van der Waals surface area contributed by atoms with Crippen molar-refractivity contribution in [1.29, 1.82) is 0 Å². The summed E-state index contributed by atoms with van der Waals surface area (Å²) in [5.74, 6) is 0.198. The van der Waals surface area contributed by atoms with E-state index in [0.717, 1.165) is 26.1 Å². The highest BCUT2D eigenvalue weighted by Gasteiger charge is 2.51. The first kappa shape index (κ1) is 16.1. The minimum atomic E-state index is -0.458. The lowest BCUT2D eigenvalue weighted by Crippen LogP contribution is -2.61. The van der Waals surface area contributed by atoms with Gasteiger partial charge in [-0.2, -0.15) is 0 Å². The Balaban J connectivity index is 1.88. The first-order chi connectivity index (χ1) is 9.42. The quantitative estimate of drug-likeness (QED) is 0.690. The molecule has 0 bridgehead atoms. The van der Waals surface area contributed by atoms with Crippen LogP contribution in [-0.2, 0) is 9.53 Å². The summed E-state index contributed by atoms with van der Waals surface area (Å²) in [4.78, 5) is 28.0. The molecule has 5 nitrogen and oxygen atoms in total. The van der Waals surface area contributed by atoms with Gasteiger partial charge >= 0.3 is 6.09 Å². The van der Waals surface area contributed by atoms with E-state index in [9.17, 15) is 9.59 Å². The second-order valence-corrected chi connectivity index (χ2v) is 8.56. The zero-order chi connectivity index (χ0) is 16.1. The molecular weight excluding hydrogens is 268 g/mol. The molecule has 5 heteroatoms. The second kappa shape index (κ2) is 4.89. The van der Waals surface area contributed by atoms with Gasteiger partial charge in [0.05, 0.1) is 0 Å². The van der Waals surface area contributed by atoms with Crippen molar-refractivity contribution in [2.45, 2.75) is 53.6 Å². The van der Waals surface area contributed by atoms with E-state index in [0.29, 0.717) is 6.54 Å². The summed E-state index contributed by atoms with van der Waals surface area (Å²) >= 11 is 0. The highest BCUT2D eigenvalue weighted by atomic mass is 16.6. The van der Waals surface area contributed by atoms with E-state index >= 15 is 0 Å². The molecule has 0 radical (unpaired) electrons. The number of nitrogens with zero attached hydrogens (tertiary/aromatic N) is 2. The number of hydrogen-bond donors (Lipinski definition) is 0. The summed E-state index contributed by atoms with van der Waals surface area (Å²) < 4.78 is 5.42.